The zero-order valence-corrected chi connectivity index (χ0v) is 16.6. The van der Waals surface area contributed by atoms with Gasteiger partial charge in [0.2, 0.25) is 0 Å². The van der Waals surface area contributed by atoms with Gasteiger partial charge in [0.25, 0.3) is 5.91 Å². The van der Waals surface area contributed by atoms with E-state index in [1.807, 2.05) is 0 Å². The van der Waals surface area contributed by atoms with Crippen LogP contribution in [0, 0.1) is 0 Å². The maximum Gasteiger partial charge on any atom is 0.416 e. The highest BCUT2D eigenvalue weighted by Crippen LogP contribution is 2.32. The predicted molar refractivity (Wildman–Crippen MR) is 102 cm³/mol. The standard InChI is InChI=1S/C21H20F6N2O2/c1-31-18-7-4-15(14-2-5-16(6-3-14)21(25,26)27)12-17(18)19(30)29-10-8-28(9-11-29)13-20(22,23)24/h2-7,12H,8-11,13H2,1H3. The van der Waals surface area contributed by atoms with Gasteiger partial charge in [0.05, 0.1) is 24.8 Å². The van der Waals surface area contributed by atoms with Crippen molar-refractivity contribution >= 4 is 5.91 Å². The Labute approximate surface area is 175 Å². The third-order valence-electron chi connectivity index (χ3n) is 5.04. The molecule has 1 saturated heterocycles. The van der Waals surface area contributed by atoms with E-state index in [9.17, 15) is 31.1 Å². The number of ether oxygens (including phenoxy) is 1. The summed E-state index contributed by atoms with van der Waals surface area (Å²) in [4.78, 5) is 15.7. The quantitative estimate of drug-likeness (QED) is 0.639. The fraction of sp³-hybridized carbons (Fsp3) is 0.381. The summed E-state index contributed by atoms with van der Waals surface area (Å²) in [6.45, 7) is -0.592. The molecule has 0 spiro atoms. The molecule has 1 amide bonds. The smallest absolute Gasteiger partial charge is 0.416 e. The Bertz CT molecular complexity index is 917. The van der Waals surface area contributed by atoms with Crippen molar-refractivity contribution in [1.29, 1.82) is 0 Å². The van der Waals surface area contributed by atoms with Gasteiger partial charge in [-0.05, 0) is 35.4 Å². The number of rotatable bonds is 4. The molecule has 2 aromatic carbocycles. The van der Waals surface area contributed by atoms with Crippen LogP contribution in [0.3, 0.4) is 0 Å². The molecule has 31 heavy (non-hydrogen) atoms. The fourth-order valence-electron chi connectivity index (χ4n) is 3.44. The molecule has 10 heteroatoms. The molecule has 1 aliphatic heterocycles. The van der Waals surface area contributed by atoms with E-state index in [1.165, 1.54) is 35.1 Å². The van der Waals surface area contributed by atoms with E-state index in [-0.39, 0.29) is 37.5 Å². The predicted octanol–water partition coefficient (Wildman–Crippen LogP) is 4.70. The van der Waals surface area contributed by atoms with Crippen LogP contribution in [0.1, 0.15) is 15.9 Å². The second-order valence-electron chi connectivity index (χ2n) is 7.17. The summed E-state index contributed by atoms with van der Waals surface area (Å²) < 4.78 is 81.3. The molecular weight excluding hydrogens is 426 g/mol. The van der Waals surface area contributed by atoms with E-state index >= 15 is 0 Å². The summed E-state index contributed by atoms with van der Waals surface area (Å²) in [6.07, 6.45) is -8.75. The molecule has 0 bridgehead atoms. The summed E-state index contributed by atoms with van der Waals surface area (Å²) in [6, 6.07) is 9.23. The lowest BCUT2D eigenvalue weighted by molar-refractivity contribution is -0.148. The summed E-state index contributed by atoms with van der Waals surface area (Å²) in [5.74, 6) is -0.129. The minimum atomic E-state index is -4.45. The Hall–Kier alpha value is -2.75. The number of hydrogen-bond acceptors (Lipinski definition) is 3. The van der Waals surface area contributed by atoms with Crippen LogP contribution < -0.4 is 4.74 Å². The minimum absolute atomic E-state index is 0.0894. The van der Waals surface area contributed by atoms with Crippen molar-refractivity contribution in [3.8, 4) is 16.9 Å². The Morgan fingerprint density at radius 1 is 0.903 bits per heavy atom. The van der Waals surface area contributed by atoms with Crippen LogP contribution >= 0.6 is 0 Å². The highest BCUT2D eigenvalue weighted by Gasteiger charge is 2.33. The number of nitrogens with zero attached hydrogens (tertiary/aromatic N) is 2. The van der Waals surface area contributed by atoms with Gasteiger partial charge < -0.3 is 9.64 Å². The summed E-state index contributed by atoms with van der Waals surface area (Å²) in [5.41, 5.74) is 0.426. The number of amides is 1. The summed E-state index contributed by atoms with van der Waals surface area (Å²) in [7, 11) is 1.38. The number of hydrogen-bond donors (Lipinski definition) is 0. The number of halogens is 6. The van der Waals surface area contributed by atoms with E-state index in [0.717, 1.165) is 12.1 Å². The average Bonchev–Trinajstić information content (AvgIpc) is 2.71. The zero-order valence-electron chi connectivity index (χ0n) is 16.6. The maximum absolute atomic E-state index is 13.0. The van der Waals surface area contributed by atoms with Crippen molar-refractivity contribution in [2.75, 3.05) is 39.8 Å². The second-order valence-corrected chi connectivity index (χ2v) is 7.17. The van der Waals surface area contributed by atoms with Crippen molar-refractivity contribution in [2.45, 2.75) is 12.4 Å². The first kappa shape index (κ1) is 22.9. The molecule has 1 heterocycles. The third-order valence-corrected chi connectivity index (χ3v) is 5.04. The van der Waals surface area contributed by atoms with Gasteiger partial charge in [0.1, 0.15) is 5.75 Å². The fourth-order valence-corrected chi connectivity index (χ4v) is 3.44. The first-order valence-electron chi connectivity index (χ1n) is 9.42. The van der Waals surface area contributed by atoms with Crippen LogP contribution in [-0.2, 0) is 6.18 Å². The first-order chi connectivity index (χ1) is 14.5. The maximum atomic E-state index is 13.0. The highest BCUT2D eigenvalue weighted by molar-refractivity contribution is 5.98. The van der Waals surface area contributed by atoms with Crippen molar-refractivity contribution < 1.29 is 35.9 Å². The van der Waals surface area contributed by atoms with Gasteiger partial charge in [0, 0.05) is 26.2 Å². The van der Waals surface area contributed by atoms with Crippen LogP contribution in [0.4, 0.5) is 26.3 Å². The van der Waals surface area contributed by atoms with Crippen LogP contribution in [0.5, 0.6) is 5.75 Å². The highest BCUT2D eigenvalue weighted by atomic mass is 19.4. The number of carbonyl (C=O) groups is 1. The molecule has 1 aliphatic rings. The summed E-state index contributed by atoms with van der Waals surface area (Å²) >= 11 is 0. The molecule has 0 radical (unpaired) electrons. The lowest BCUT2D eigenvalue weighted by Gasteiger charge is -2.35. The lowest BCUT2D eigenvalue weighted by Crippen LogP contribution is -2.50. The Balaban J connectivity index is 1.79. The van der Waals surface area contributed by atoms with E-state index < -0.39 is 30.4 Å². The number of methoxy groups -OCH3 is 1. The molecule has 0 unspecified atom stereocenters. The van der Waals surface area contributed by atoms with E-state index in [1.54, 1.807) is 12.1 Å². The van der Waals surface area contributed by atoms with Crippen LogP contribution in [-0.4, -0.2) is 61.7 Å². The Kier molecular flexibility index (Phi) is 6.49. The third kappa shape index (κ3) is 5.69. The molecule has 0 aromatic heterocycles. The van der Waals surface area contributed by atoms with E-state index in [0.29, 0.717) is 11.1 Å². The molecule has 1 fully saturated rings. The number of piperazine rings is 1. The molecule has 0 atom stereocenters. The van der Waals surface area contributed by atoms with Crippen molar-refractivity contribution in [1.82, 2.24) is 9.80 Å². The minimum Gasteiger partial charge on any atom is -0.496 e. The van der Waals surface area contributed by atoms with Gasteiger partial charge in [-0.1, -0.05) is 18.2 Å². The van der Waals surface area contributed by atoms with Gasteiger partial charge in [-0.25, -0.2) is 0 Å². The lowest BCUT2D eigenvalue weighted by atomic mass is 10.00. The monoisotopic (exact) mass is 446 g/mol. The first-order valence-corrected chi connectivity index (χ1v) is 9.42. The van der Waals surface area contributed by atoms with Gasteiger partial charge in [-0.3, -0.25) is 9.69 Å². The molecule has 0 saturated carbocycles. The Morgan fingerprint density at radius 3 is 2.00 bits per heavy atom. The molecule has 2 aromatic rings. The molecule has 168 valence electrons. The van der Waals surface area contributed by atoms with Crippen molar-refractivity contribution in [3.63, 3.8) is 0 Å². The van der Waals surface area contributed by atoms with E-state index in [2.05, 4.69) is 0 Å². The van der Waals surface area contributed by atoms with Gasteiger partial charge in [0.15, 0.2) is 0 Å². The van der Waals surface area contributed by atoms with Crippen molar-refractivity contribution in [3.05, 3.63) is 53.6 Å². The van der Waals surface area contributed by atoms with E-state index in [4.69, 9.17) is 4.74 Å². The van der Waals surface area contributed by atoms with Crippen LogP contribution in [0.15, 0.2) is 42.5 Å². The number of alkyl halides is 6. The Morgan fingerprint density at radius 2 is 1.48 bits per heavy atom. The summed E-state index contributed by atoms with van der Waals surface area (Å²) in [5, 5.41) is 0. The van der Waals surface area contributed by atoms with Crippen LogP contribution in [0.2, 0.25) is 0 Å². The van der Waals surface area contributed by atoms with Gasteiger partial charge in [-0.2, -0.15) is 26.3 Å². The molecule has 4 nitrogen and oxygen atoms in total. The topological polar surface area (TPSA) is 32.8 Å². The van der Waals surface area contributed by atoms with Gasteiger partial charge in [-0.15, -0.1) is 0 Å². The molecule has 3 rings (SSSR count). The largest absolute Gasteiger partial charge is 0.496 e. The normalized spacial score (nSPS) is 15.8. The zero-order chi connectivity index (χ0) is 22.8. The SMILES string of the molecule is COc1ccc(-c2ccc(C(F)(F)F)cc2)cc1C(=O)N1CCN(CC(F)(F)F)CC1. The average molecular weight is 446 g/mol. The molecule has 0 aliphatic carbocycles. The number of benzene rings is 2. The molecular formula is C21H20F6N2O2. The number of carbonyl (C=O) groups excluding carboxylic acids is 1. The second kappa shape index (κ2) is 8.78. The van der Waals surface area contributed by atoms with Crippen LogP contribution in [0.25, 0.3) is 11.1 Å². The molecule has 0 N–H and O–H groups in total. The van der Waals surface area contributed by atoms with Crippen molar-refractivity contribution in [2.24, 2.45) is 0 Å². The van der Waals surface area contributed by atoms with Gasteiger partial charge >= 0.3 is 12.4 Å².